The Balaban J connectivity index is 0.00000196. The van der Waals surface area contributed by atoms with E-state index in [1.54, 1.807) is 12.1 Å². The molecule has 1 aromatic rings. The predicted molar refractivity (Wildman–Crippen MR) is 64.8 cm³/mol. The Hall–Kier alpha value is -0.770. The topological polar surface area (TPSA) is 55.1 Å². The highest BCUT2D eigenvalue weighted by atomic mass is 35.5. The molecule has 0 spiro atoms. The molecule has 0 radical (unpaired) electrons. The van der Waals surface area contributed by atoms with E-state index in [0.717, 1.165) is 5.56 Å². The van der Waals surface area contributed by atoms with Crippen LogP contribution in [0.3, 0.4) is 0 Å². The van der Waals surface area contributed by atoms with Gasteiger partial charge < -0.3 is 11.1 Å². The quantitative estimate of drug-likeness (QED) is 0.857. The molecule has 1 aromatic carbocycles. The van der Waals surface area contributed by atoms with Crippen LogP contribution in [0.4, 0.5) is 0 Å². The molecule has 3 N–H and O–H groups in total. The molecule has 0 saturated carbocycles. The monoisotopic (exact) mass is 248 g/mol. The number of carbonyl (C=O) groups is 1. The van der Waals surface area contributed by atoms with Crippen LogP contribution in [0.25, 0.3) is 0 Å². The summed E-state index contributed by atoms with van der Waals surface area (Å²) in [7, 11) is 0. The van der Waals surface area contributed by atoms with E-state index < -0.39 is 0 Å². The summed E-state index contributed by atoms with van der Waals surface area (Å²) in [6.45, 7) is 2.75. The van der Waals surface area contributed by atoms with E-state index >= 15 is 0 Å². The van der Waals surface area contributed by atoms with Gasteiger partial charge in [0.25, 0.3) is 5.91 Å². The van der Waals surface area contributed by atoms with Gasteiger partial charge in [0.15, 0.2) is 0 Å². The molecule has 0 aliphatic heterocycles. The summed E-state index contributed by atoms with van der Waals surface area (Å²) in [6, 6.07) is 5.36. The van der Waals surface area contributed by atoms with Gasteiger partial charge in [0.05, 0.1) is 10.6 Å². The van der Waals surface area contributed by atoms with Crippen LogP contribution in [-0.4, -0.2) is 19.0 Å². The Kier molecular flexibility index (Phi) is 6.32. The molecule has 1 rings (SSSR count). The second kappa shape index (κ2) is 6.67. The van der Waals surface area contributed by atoms with Gasteiger partial charge in [-0.3, -0.25) is 4.79 Å². The van der Waals surface area contributed by atoms with Crippen molar-refractivity contribution in [2.75, 3.05) is 13.1 Å². The van der Waals surface area contributed by atoms with E-state index in [1.165, 1.54) is 0 Å². The summed E-state index contributed by atoms with van der Waals surface area (Å²) in [6.07, 6.45) is 0. The molecule has 0 bridgehead atoms. The maximum atomic E-state index is 11.5. The zero-order valence-corrected chi connectivity index (χ0v) is 9.99. The summed E-state index contributed by atoms with van der Waals surface area (Å²) >= 11 is 5.97. The molecule has 0 aliphatic rings. The van der Waals surface area contributed by atoms with Gasteiger partial charge in [-0.2, -0.15) is 0 Å². The molecule has 5 heteroatoms. The number of nitrogens with two attached hydrogens (primary N) is 1. The van der Waals surface area contributed by atoms with Gasteiger partial charge >= 0.3 is 0 Å². The number of aryl methyl sites for hydroxylation is 1. The van der Waals surface area contributed by atoms with Crippen LogP contribution in [0.2, 0.25) is 5.02 Å². The van der Waals surface area contributed by atoms with E-state index in [9.17, 15) is 4.79 Å². The Morgan fingerprint density at radius 2 is 2.20 bits per heavy atom. The lowest BCUT2D eigenvalue weighted by molar-refractivity contribution is 0.0955. The van der Waals surface area contributed by atoms with Crippen molar-refractivity contribution < 1.29 is 4.79 Å². The summed E-state index contributed by atoms with van der Waals surface area (Å²) < 4.78 is 0. The van der Waals surface area contributed by atoms with E-state index in [4.69, 9.17) is 17.3 Å². The Bertz CT molecular complexity index is 342. The summed E-state index contributed by atoms with van der Waals surface area (Å²) in [4.78, 5) is 11.5. The lowest BCUT2D eigenvalue weighted by atomic mass is 10.1. The van der Waals surface area contributed by atoms with Crippen LogP contribution in [0.1, 0.15) is 15.9 Å². The first-order valence-corrected chi connectivity index (χ1v) is 4.78. The van der Waals surface area contributed by atoms with E-state index in [0.29, 0.717) is 23.7 Å². The number of amides is 1. The van der Waals surface area contributed by atoms with E-state index in [-0.39, 0.29) is 18.3 Å². The second-order valence-electron chi connectivity index (χ2n) is 2.98. The number of halogens is 2. The second-order valence-corrected chi connectivity index (χ2v) is 3.36. The van der Waals surface area contributed by atoms with Crippen LogP contribution < -0.4 is 11.1 Å². The molecule has 84 valence electrons. The molecule has 0 aliphatic carbocycles. The molecule has 0 aromatic heterocycles. The van der Waals surface area contributed by atoms with Gasteiger partial charge in [0.1, 0.15) is 0 Å². The zero-order valence-electron chi connectivity index (χ0n) is 8.42. The van der Waals surface area contributed by atoms with Gasteiger partial charge in [0.2, 0.25) is 0 Å². The van der Waals surface area contributed by atoms with Crippen LogP contribution in [0.15, 0.2) is 18.2 Å². The fourth-order valence-corrected chi connectivity index (χ4v) is 1.32. The highest BCUT2D eigenvalue weighted by Crippen LogP contribution is 2.19. The molecule has 1 amide bonds. The van der Waals surface area contributed by atoms with Crippen molar-refractivity contribution >= 4 is 29.9 Å². The first-order valence-electron chi connectivity index (χ1n) is 4.40. The standard InChI is InChI=1S/C10H13ClN2O.ClH/c1-7-3-2-4-8(9(7)11)10(14)13-6-5-12;/h2-4H,5-6,12H2,1H3,(H,13,14);1H. The van der Waals surface area contributed by atoms with Gasteiger partial charge in [-0.05, 0) is 18.6 Å². The van der Waals surface area contributed by atoms with E-state index in [1.807, 2.05) is 13.0 Å². The normalized spacial score (nSPS) is 9.27. The van der Waals surface area contributed by atoms with Crippen molar-refractivity contribution in [3.63, 3.8) is 0 Å². The average Bonchev–Trinajstić information content (AvgIpc) is 2.18. The summed E-state index contributed by atoms with van der Waals surface area (Å²) in [5.74, 6) is -0.177. The molecular weight excluding hydrogens is 235 g/mol. The molecule has 15 heavy (non-hydrogen) atoms. The SMILES string of the molecule is Cc1cccc(C(=O)NCCN)c1Cl.Cl. The minimum absolute atomic E-state index is 0. The van der Waals surface area contributed by atoms with Crippen LogP contribution >= 0.6 is 24.0 Å². The summed E-state index contributed by atoms with van der Waals surface area (Å²) in [5, 5.41) is 3.17. The van der Waals surface area contributed by atoms with Crippen molar-refractivity contribution in [3.05, 3.63) is 34.3 Å². The maximum absolute atomic E-state index is 11.5. The average molecular weight is 249 g/mol. The van der Waals surface area contributed by atoms with Crippen LogP contribution in [0.5, 0.6) is 0 Å². The number of benzene rings is 1. The number of nitrogens with one attached hydrogen (secondary N) is 1. The van der Waals surface area contributed by atoms with Crippen molar-refractivity contribution in [2.45, 2.75) is 6.92 Å². The fourth-order valence-electron chi connectivity index (χ4n) is 1.10. The predicted octanol–water partition coefficient (Wildman–Crippen LogP) is 1.76. The molecule has 0 atom stereocenters. The summed E-state index contributed by atoms with van der Waals surface area (Å²) in [5.41, 5.74) is 6.67. The van der Waals surface area contributed by atoms with E-state index in [2.05, 4.69) is 5.32 Å². The first-order chi connectivity index (χ1) is 6.66. The van der Waals surface area contributed by atoms with Crippen molar-refractivity contribution in [3.8, 4) is 0 Å². The molecule has 3 nitrogen and oxygen atoms in total. The number of rotatable bonds is 3. The highest BCUT2D eigenvalue weighted by molar-refractivity contribution is 6.34. The lowest BCUT2D eigenvalue weighted by Crippen LogP contribution is -2.29. The van der Waals surface area contributed by atoms with Gasteiger partial charge in [-0.1, -0.05) is 23.7 Å². The molecule has 0 heterocycles. The molecule has 0 unspecified atom stereocenters. The van der Waals surface area contributed by atoms with Crippen LogP contribution in [-0.2, 0) is 0 Å². The minimum atomic E-state index is -0.177. The van der Waals surface area contributed by atoms with Crippen LogP contribution in [0, 0.1) is 6.92 Å². The molecule has 0 saturated heterocycles. The third kappa shape index (κ3) is 3.70. The Labute approximate surface area is 100 Å². The molecular formula is C10H14Cl2N2O. The molecule has 0 fully saturated rings. The Morgan fingerprint density at radius 3 is 2.80 bits per heavy atom. The first kappa shape index (κ1) is 14.2. The fraction of sp³-hybridized carbons (Fsp3) is 0.300. The zero-order chi connectivity index (χ0) is 10.6. The van der Waals surface area contributed by atoms with Gasteiger partial charge in [0, 0.05) is 13.1 Å². The van der Waals surface area contributed by atoms with Crippen molar-refractivity contribution in [1.29, 1.82) is 0 Å². The third-order valence-corrected chi connectivity index (χ3v) is 2.37. The van der Waals surface area contributed by atoms with Gasteiger partial charge in [-0.25, -0.2) is 0 Å². The number of hydrogen-bond donors (Lipinski definition) is 2. The lowest BCUT2D eigenvalue weighted by Gasteiger charge is -2.06. The minimum Gasteiger partial charge on any atom is -0.351 e. The number of hydrogen-bond acceptors (Lipinski definition) is 2. The van der Waals surface area contributed by atoms with Crippen molar-refractivity contribution in [1.82, 2.24) is 5.32 Å². The maximum Gasteiger partial charge on any atom is 0.252 e. The number of carbonyl (C=O) groups excluding carboxylic acids is 1. The third-order valence-electron chi connectivity index (χ3n) is 1.87. The largest absolute Gasteiger partial charge is 0.351 e. The van der Waals surface area contributed by atoms with Crippen molar-refractivity contribution in [2.24, 2.45) is 5.73 Å². The highest BCUT2D eigenvalue weighted by Gasteiger charge is 2.10. The van der Waals surface area contributed by atoms with Gasteiger partial charge in [-0.15, -0.1) is 12.4 Å². The smallest absolute Gasteiger partial charge is 0.252 e. The Morgan fingerprint density at radius 1 is 1.53 bits per heavy atom.